The van der Waals surface area contributed by atoms with E-state index in [4.69, 9.17) is 19.9 Å². The lowest BCUT2D eigenvalue weighted by Gasteiger charge is -2.09. The number of nitrogens with two attached hydrogens (primary N) is 1. The molecule has 4 aromatic rings. The number of primary amides is 1. The predicted molar refractivity (Wildman–Crippen MR) is 118 cm³/mol. The van der Waals surface area contributed by atoms with E-state index in [1.165, 1.54) is 0 Å². The molecule has 30 heavy (non-hydrogen) atoms. The van der Waals surface area contributed by atoms with E-state index in [1.807, 2.05) is 56.3 Å². The van der Waals surface area contributed by atoms with Gasteiger partial charge in [-0.1, -0.05) is 18.2 Å². The van der Waals surface area contributed by atoms with E-state index in [9.17, 15) is 4.79 Å². The van der Waals surface area contributed by atoms with Gasteiger partial charge in [0.1, 0.15) is 17.1 Å². The van der Waals surface area contributed by atoms with Gasteiger partial charge in [0.2, 0.25) is 0 Å². The molecule has 3 aromatic carbocycles. The quantitative estimate of drug-likeness (QED) is 0.522. The Morgan fingerprint density at radius 2 is 1.73 bits per heavy atom. The fourth-order valence-corrected chi connectivity index (χ4v) is 3.58. The Bertz CT molecular complexity index is 1320. The SMILES string of the molecule is COc1ccc(-c2cc(=Nc3ccccc3C(N)=O)c3c(C)cc(C)cc3o2)cc1. The van der Waals surface area contributed by atoms with Crippen LogP contribution in [0.5, 0.6) is 5.75 Å². The number of aryl methyl sites for hydroxylation is 2. The molecule has 0 aliphatic rings. The number of carbonyl (C=O) groups is 1. The lowest BCUT2D eigenvalue weighted by Crippen LogP contribution is -2.12. The van der Waals surface area contributed by atoms with Crippen LogP contribution in [0.3, 0.4) is 0 Å². The molecule has 0 aliphatic carbocycles. The normalized spacial score (nSPS) is 11.6. The monoisotopic (exact) mass is 398 g/mol. The van der Waals surface area contributed by atoms with Gasteiger partial charge in [-0.05, 0) is 67.4 Å². The number of hydrogen-bond acceptors (Lipinski definition) is 4. The Labute approximate surface area is 174 Å². The second-order valence-electron chi connectivity index (χ2n) is 7.17. The van der Waals surface area contributed by atoms with Crippen molar-refractivity contribution in [2.45, 2.75) is 13.8 Å². The summed E-state index contributed by atoms with van der Waals surface area (Å²) in [7, 11) is 1.63. The van der Waals surface area contributed by atoms with Crippen molar-refractivity contribution in [2.24, 2.45) is 10.7 Å². The second kappa shape index (κ2) is 7.87. The van der Waals surface area contributed by atoms with Crippen molar-refractivity contribution in [2.75, 3.05) is 7.11 Å². The van der Waals surface area contributed by atoms with Crippen LogP contribution < -0.4 is 15.8 Å². The molecule has 0 aliphatic heterocycles. The molecule has 0 atom stereocenters. The molecule has 0 fully saturated rings. The molecule has 0 bridgehead atoms. The zero-order chi connectivity index (χ0) is 21.3. The number of nitrogens with zero attached hydrogens (tertiary/aromatic N) is 1. The number of benzene rings is 3. The molecule has 5 nitrogen and oxygen atoms in total. The number of methoxy groups -OCH3 is 1. The molecule has 150 valence electrons. The predicted octanol–water partition coefficient (Wildman–Crippen LogP) is 5.06. The van der Waals surface area contributed by atoms with Gasteiger partial charge in [-0.2, -0.15) is 0 Å². The third kappa shape index (κ3) is 3.70. The molecule has 0 unspecified atom stereocenters. The number of amides is 1. The minimum Gasteiger partial charge on any atom is -0.497 e. The highest BCUT2D eigenvalue weighted by Gasteiger charge is 2.11. The first-order valence-corrected chi connectivity index (χ1v) is 9.59. The summed E-state index contributed by atoms with van der Waals surface area (Å²) in [6, 6.07) is 20.7. The van der Waals surface area contributed by atoms with E-state index < -0.39 is 5.91 Å². The van der Waals surface area contributed by atoms with Crippen LogP contribution in [0.2, 0.25) is 0 Å². The van der Waals surface area contributed by atoms with E-state index in [2.05, 4.69) is 6.07 Å². The number of para-hydroxylation sites is 1. The summed E-state index contributed by atoms with van der Waals surface area (Å²) in [5.74, 6) is 0.930. The standard InChI is InChI=1S/C25H22N2O3/c1-15-12-16(2)24-21(27-20-7-5-4-6-19(20)25(26)28)14-22(30-23(24)13-15)17-8-10-18(29-3)11-9-17/h4-14H,1-3H3,(H2,26,28). The zero-order valence-corrected chi connectivity index (χ0v) is 17.1. The minimum atomic E-state index is -0.512. The van der Waals surface area contributed by atoms with Gasteiger partial charge >= 0.3 is 0 Å². The van der Waals surface area contributed by atoms with Gasteiger partial charge in [-0.15, -0.1) is 0 Å². The van der Waals surface area contributed by atoms with Crippen molar-refractivity contribution in [3.63, 3.8) is 0 Å². The van der Waals surface area contributed by atoms with Crippen LogP contribution in [-0.2, 0) is 0 Å². The maximum atomic E-state index is 11.9. The maximum Gasteiger partial charge on any atom is 0.250 e. The molecule has 1 aromatic heterocycles. The summed E-state index contributed by atoms with van der Waals surface area (Å²) in [5, 5.41) is 1.62. The summed E-state index contributed by atoms with van der Waals surface area (Å²) >= 11 is 0. The van der Waals surface area contributed by atoms with E-state index in [-0.39, 0.29) is 0 Å². The van der Waals surface area contributed by atoms with Gasteiger partial charge in [0.15, 0.2) is 0 Å². The van der Waals surface area contributed by atoms with Crippen LogP contribution in [-0.4, -0.2) is 13.0 Å². The third-order valence-electron chi connectivity index (χ3n) is 4.97. The zero-order valence-electron chi connectivity index (χ0n) is 17.1. The Hall–Kier alpha value is -3.86. The van der Waals surface area contributed by atoms with Gasteiger partial charge in [0.05, 0.1) is 23.7 Å². The first kappa shape index (κ1) is 19.5. The van der Waals surface area contributed by atoms with E-state index in [0.29, 0.717) is 22.4 Å². The van der Waals surface area contributed by atoms with Gasteiger partial charge in [-0.3, -0.25) is 4.79 Å². The first-order valence-electron chi connectivity index (χ1n) is 9.59. The molecule has 2 N–H and O–H groups in total. The molecular weight excluding hydrogens is 376 g/mol. The molecule has 0 spiro atoms. The van der Waals surface area contributed by atoms with Crippen LogP contribution in [0.15, 0.2) is 76.1 Å². The van der Waals surface area contributed by atoms with Crippen LogP contribution in [0.25, 0.3) is 22.3 Å². The van der Waals surface area contributed by atoms with Gasteiger partial charge < -0.3 is 14.9 Å². The van der Waals surface area contributed by atoms with Crippen LogP contribution >= 0.6 is 0 Å². The van der Waals surface area contributed by atoms with Crippen molar-refractivity contribution in [1.29, 1.82) is 0 Å². The van der Waals surface area contributed by atoms with E-state index in [0.717, 1.165) is 33.4 Å². The van der Waals surface area contributed by atoms with Gasteiger partial charge in [0.25, 0.3) is 5.91 Å². The molecule has 0 radical (unpaired) electrons. The maximum absolute atomic E-state index is 11.9. The summed E-state index contributed by atoms with van der Waals surface area (Å²) in [6.45, 7) is 4.05. The Balaban J connectivity index is 2.03. The molecule has 1 amide bonds. The molecule has 0 saturated carbocycles. The average Bonchev–Trinajstić information content (AvgIpc) is 2.73. The third-order valence-corrected chi connectivity index (χ3v) is 4.97. The van der Waals surface area contributed by atoms with Crippen molar-refractivity contribution >= 4 is 22.6 Å². The van der Waals surface area contributed by atoms with Crippen LogP contribution in [0.1, 0.15) is 21.5 Å². The highest BCUT2D eigenvalue weighted by Crippen LogP contribution is 2.27. The second-order valence-corrected chi connectivity index (χ2v) is 7.17. The molecule has 4 rings (SSSR count). The topological polar surface area (TPSA) is 77.8 Å². The lowest BCUT2D eigenvalue weighted by molar-refractivity contribution is 0.100. The smallest absolute Gasteiger partial charge is 0.250 e. The highest BCUT2D eigenvalue weighted by atomic mass is 16.5. The molecule has 5 heteroatoms. The van der Waals surface area contributed by atoms with E-state index in [1.54, 1.807) is 25.3 Å². The summed E-state index contributed by atoms with van der Waals surface area (Å²) in [5.41, 5.74) is 10.2. The first-order chi connectivity index (χ1) is 14.5. The molecule has 1 heterocycles. The summed E-state index contributed by atoms with van der Waals surface area (Å²) < 4.78 is 11.5. The number of carbonyl (C=O) groups excluding carboxylic acids is 1. The Kier molecular flexibility index (Phi) is 5.11. The molecular formula is C25H22N2O3. The summed E-state index contributed by atoms with van der Waals surface area (Å²) in [6.07, 6.45) is 0. The summed E-state index contributed by atoms with van der Waals surface area (Å²) in [4.78, 5) is 16.7. The van der Waals surface area contributed by atoms with Crippen LogP contribution in [0.4, 0.5) is 5.69 Å². The van der Waals surface area contributed by atoms with Gasteiger partial charge in [0, 0.05) is 17.0 Å². The number of fused-ring (bicyclic) bond motifs is 1. The fraction of sp³-hybridized carbons (Fsp3) is 0.120. The number of ether oxygens (including phenoxy) is 1. The van der Waals surface area contributed by atoms with Crippen molar-refractivity contribution in [3.8, 4) is 17.1 Å². The van der Waals surface area contributed by atoms with Crippen LogP contribution in [0, 0.1) is 13.8 Å². The molecule has 0 saturated heterocycles. The Morgan fingerprint density at radius 3 is 2.43 bits per heavy atom. The number of rotatable bonds is 4. The Morgan fingerprint density at radius 1 is 1.00 bits per heavy atom. The lowest BCUT2D eigenvalue weighted by atomic mass is 10.0. The van der Waals surface area contributed by atoms with Crippen molar-refractivity contribution in [1.82, 2.24) is 0 Å². The number of hydrogen-bond donors (Lipinski definition) is 1. The van der Waals surface area contributed by atoms with E-state index >= 15 is 0 Å². The largest absolute Gasteiger partial charge is 0.497 e. The van der Waals surface area contributed by atoms with Gasteiger partial charge in [-0.25, -0.2) is 4.99 Å². The average molecular weight is 398 g/mol. The van der Waals surface area contributed by atoms with Crippen molar-refractivity contribution in [3.05, 3.63) is 88.8 Å². The minimum absolute atomic E-state index is 0.377. The highest BCUT2D eigenvalue weighted by molar-refractivity contribution is 5.97. The fourth-order valence-electron chi connectivity index (χ4n) is 3.58. The van der Waals surface area contributed by atoms with Crippen molar-refractivity contribution < 1.29 is 13.9 Å².